The summed E-state index contributed by atoms with van der Waals surface area (Å²) in [5.41, 5.74) is 0. The first kappa shape index (κ1) is 17.9. The molecule has 0 aromatic carbocycles. The number of ether oxygens (including phenoxy) is 3. The van der Waals surface area contributed by atoms with Crippen molar-refractivity contribution in [2.45, 2.75) is 55.1 Å². The van der Waals surface area contributed by atoms with Crippen LogP contribution in [0.15, 0.2) is 0 Å². The van der Waals surface area contributed by atoms with E-state index >= 15 is 0 Å². The van der Waals surface area contributed by atoms with Crippen LogP contribution in [0.2, 0.25) is 0 Å². The molecule has 9 unspecified atom stereocenters. The molecule has 22 heavy (non-hydrogen) atoms. The summed E-state index contributed by atoms with van der Waals surface area (Å²) in [6, 6.07) is 0. The number of aliphatic hydroxyl groups is 7. The Hall–Kier alpha value is -0.400. The zero-order valence-electron chi connectivity index (χ0n) is 11.7. The molecule has 2 heterocycles. The van der Waals surface area contributed by atoms with Gasteiger partial charge in [0, 0.05) is 0 Å². The van der Waals surface area contributed by atoms with Gasteiger partial charge in [0.15, 0.2) is 6.29 Å². The van der Waals surface area contributed by atoms with Gasteiger partial charge in [0.05, 0.1) is 19.8 Å². The van der Waals surface area contributed by atoms with Crippen molar-refractivity contribution in [1.29, 1.82) is 0 Å². The Morgan fingerprint density at radius 3 is 1.73 bits per heavy atom. The molecule has 7 N–H and O–H groups in total. The van der Waals surface area contributed by atoms with Crippen LogP contribution in [0.5, 0.6) is 0 Å². The van der Waals surface area contributed by atoms with Gasteiger partial charge >= 0.3 is 0 Å². The van der Waals surface area contributed by atoms with E-state index in [2.05, 4.69) is 0 Å². The van der Waals surface area contributed by atoms with Crippen molar-refractivity contribution >= 4 is 0 Å². The Balaban J connectivity index is 2.07. The Morgan fingerprint density at radius 2 is 1.18 bits per heavy atom. The van der Waals surface area contributed by atoms with Crippen LogP contribution < -0.4 is 0 Å². The third-order valence-electron chi connectivity index (χ3n) is 3.93. The fraction of sp³-hybridized carbons (Fsp3) is 1.00. The summed E-state index contributed by atoms with van der Waals surface area (Å²) in [7, 11) is 0. The summed E-state index contributed by atoms with van der Waals surface area (Å²) in [6.45, 7) is -1.61. The number of hydrogen-bond acceptors (Lipinski definition) is 10. The largest absolute Gasteiger partial charge is 0.394 e. The second-order valence-electron chi connectivity index (χ2n) is 5.37. The Bertz CT molecular complexity index is 351. The van der Waals surface area contributed by atoms with Crippen molar-refractivity contribution in [3.63, 3.8) is 0 Å². The van der Waals surface area contributed by atoms with Gasteiger partial charge in [0.1, 0.15) is 48.8 Å². The molecule has 2 aliphatic heterocycles. The van der Waals surface area contributed by atoms with Gasteiger partial charge in [0.25, 0.3) is 0 Å². The third-order valence-corrected chi connectivity index (χ3v) is 3.93. The van der Waals surface area contributed by atoms with Crippen LogP contribution in [-0.4, -0.2) is 111 Å². The average molecular weight is 326 g/mol. The highest BCUT2D eigenvalue weighted by molar-refractivity contribution is 4.94. The molecule has 2 fully saturated rings. The van der Waals surface area contributed by atoms with Crippen molar-refractivity contribution in [2.75, 3.05) is 19.8 Å². The van der Waals surface area contributed by atoms with Crippen LogP contribution in [0.1, 0.15) is 0 Å². The minimum absolute atomic E-state index is 0.494. The third kappa shape index (κ3) is 3.26. The molecule has 0 saturated carbocycles. The fourth-order valence-corrected chi connectivity index (χ4v) is 2.61. The molecule has 0 aromatic heterocycles. The van der Waals surface area contributed by atoms with Crippen LogP contribution in [0, 0.1) is 0 Å². The van der Waals surface area contributed by atoms with E-state index in [1.807, 2.05) is 0 Å². The fourth-order valence-electron chi connectivity index (χ4n) is 2.61. The number of rotatable bonds is 5. The number of hydrogen-bond donors (Lipinski definition) is 7. The Morgan fingerprint density at radius 1 is 0.636 bits per heavy atom. The van der Waals surface area contributed by atoms with E-state index < -0.39 is 74.9 Å². The standard InChI is InChI=1S/C12H22O10/c13-1-4-7(16)9(18)10(19)12(21-4)22-11-6(3-15)20-5(2-14)8(11)17/h4-19H,1-3H2. The quantitative estimate of drug-likeness (QED) is 0.260. The van der Waals surface area contributed by atoms with Gasteiger partial charge in [-0.2, -0.15) is 0 Å². The van der Waals surface area contributed by atoms with Crippen LogP contribution in [0.3, 0.4) is 0 Å². The minimum Gasteiger partial charge on any atom is -0.394 e. The van der Waals surface area contributed by atoms with Gasteiger partial charge in [-0.3, -0.25) is 0 Å². The van der Waals surface area contributed by atoms with Crippen LogP contribution >= 0.6 is 0 Å². The maximum Gasteiger partial charge on any atom is 0.187 e. The second kappa shape index (κ2) is 7.45. The highest BCUT2D eigenvalue weighted by Gasteiger charge is 2.50. The summed E-state index contributed by atoms with van der Waals surface area (Å²) in [5.74, 6) is 0. The molecule has 0 bridgehead atoms. The Kier molecular flexibility index (Phi) is 6.07. The van der Waals surface area contributed by atoms with E-state index in [0.717, 1.165) is 0 Å². The molecular formula is C12H22O10. The monoisotopic (exact) mass is 326 g/mol. The second-order valence-corrected chi connectivity index (χ2v) is 5.37. The first-order chi connectivity index (χ1) is 10.4. The molecule has 10 heteroatoms. The van der Waals surface area contributed by atoms with Crippen molar-refractivity contribution in [3.05, 3.63) is 0 Å². The number of aliphatic hydroxyl groups excluding tert-OH is 7. The zero-order valence-corrected chi connectivity index (χ0v) is 11.7. The predicted molar refractivity (Wildman–Crippen MR) is 67.5 cm³/mol. The molecular weight excluding hydrogens is 304 g/mol. The van der Waals surface area contributed by atoms with Gasteiger partial charge in [0.2, 0.25) is 0 Å². The molecule has 0 amide bonds. The molecule has 2 rings (SSSR count). The molecule has 2 aliphatic rings. The smallest absolute Gasteiger partial charge is 0.187 e. The summed E-state index contributed by atoms with van der Waals surface area (Å²) in [5, 5.41) is 66.6. The first-order valence-electron chi connectivity index (χ1n) is 6.95. The van der Waals surface area contributed by atoms with Crippen molar-refractivity contribution in [1.82, 2.24) is 0 Å². The van der Waals surface area contributed by atoms with E-state index in [1.165, 1.54) is 0 Å². The van der Waals surface area contributed by atoms with E-state index in [9.17, 15) is 25.5 Å². The van der Waals surface area contributed by atoms with Crippen LogP contribution in [0.4, 0.5) is 0 Å². The molecule has 0 aliphatic carbocycles. The van der Waals surface area contributed by atoms with Crippen LogP contribution in [-0.2, 0) is 14.2 Å². The lowest BCUT2D eigenvalue weighted by Gasteiger charge is -2.41. The summed E-state index contributed by atoms with van der Waals surface area (Å²) in [6.07, 6.45) is -11.7. The molecule has 9 atom stereocenters. The van der Waals surface area contributed by atoms with Gasteiger partial charge in [-0.15, -0.1) is 0 Å². The highest BCUT2D eigenvalue weighted by Crippen LogP contribution is 2.29. The van der Waals surface area contributed by atoms with Gasteiger partial charge in [-0.25, -0.2) is 0 Å². The SMILES string of the molecule is OCC1OC(OC2C(CO)OC(CO)C2O)C(O)C(O)C1O. The lowest BCUT2D eigenvalue weighted by molar-refractivity contribution is -0.318. The van der Waals surface area contributed by atoms with Gasteiger partial charge < -0.3 is 50.0 Å². The Labute approximate surface area is 126 Å². The predicted octanol–water partition coefficient (Wildman–Crippen LogP) is -4.72. The molecule has 10 nitrogen and oxygen atoms in total. The normalized spacial score (nSPS) is 49.5. The van der Waals surface area contributed by atoms with E-state index in [-0.39, 0.29) is 0 Å². The first-order valence-corrected chi connectivity index (χ1v) is 6.95. The summed E-state index contributed by atoms with van der Waals surface area (Å²) >= 11 is 0. The van der Waals surface area contributed by atoms with Crippen molar-refractivity contribution in [2.24, 2.45) is 0 Å². The summed E-state index contributed by atoms with van der Waals surface area (Å²) in [4.78, 5) is 0. The van der Waals surface area contributed by atoms with Crippen molar-refractivity contribution < 1.29 is 50.0 Å². The van der Waals surface area contributed by atoms with Gasteiger partial charge in [-0.05, 0) is 0 Å². The van der Waals surface area contributed by atoms with Gasteiger partial charge in [-0.1, -0.05) is 0 Å². The topological polar surface area (TPSA) is 169 Å². The molecule has 0 spiro atoms. The molecule has 2 saturated heterocycles. The molecule has 0 aromatic rings. The maximum absolute atomic E-state index is 9.99. The van der Waals surface area contributed by atoms with Crippen LogP contribution in [0.25, 0.3) is 0 Å². The minimum atomic E-state index is -1.63. The van der Waals surface area contributed by atoms with E-state index in [1.54, 1.807) is 0 Å². The highest BCUT2D eigenvalue weighted by atomic mass is 16.7. The summed E-state index contributed by atoms with van der Waals surface area (Å²) < 4.78 is 15.7. The van der Waals surface area contributed by atoms with Crippen molar-refractivity contribution in [3.8, 4) is 0 Å². The molecule has 0 radical (unpaired) electrons. The lowest BCUT2D eigenvalue weighted by Crippen LogP contribution is -2.60. The lowest BCUT2D eigenvalue weighted by atomic mass is 9.99. The zero-order chi connectivity index (χ0) is 16.4. The average Bonchev–Trinajstić information content (AvgIpc) is 2.83. The van der Waals surface area contributed by atoms with E-state index in [0.29, 0.717) is 0 Å². The molecule has 130 valence electrons. The van der Waals surface area contributed by atoms with E-state index in [4.69, 9.17) is 24.4 Å². The maximum atomic E-state index is 9.99.